The summed E-state index contributed by atoms with van der Waals surface area (Å²) in [4.78, 5) is 4.67. The molecule has 2 aliphatic rings. The molecule has 94 valence electrons. The molecule has 4 nitrogen and oxygen atoms in total. The number of imidazole rings is 1. The second kappa shape index (κ2) is 3.99. The number of ether oxygens (including phenoxy) is 1. The highest BCUT2D eigenvalue weighted by Crippen LogP contribution is 2.35. The van der Waals surface area contributed by atoms with E-state index < -0.39 is 0 Å². The van der Waals surface area contributed by atoms with E-state index in [9.17, 15) is 0 Å². The molecule has 1 aromatic carbocycles. The Morgan fingerprint density at radius 3 is 3.11 bits per heavy atom. The van der Waals surface area contributed by atoms with E-state index in [0.29, 0.717) is 12.1 Å². The van der Waals surface area contributed by atoms with Gasteiger partial charge in [0, 0.05) is 13.2 Å². The molecular formula is C14H17N3O. The summed E-state index contributed by atoms with van der Waals surface area (Å²) in [7, 11) is 0. The van der Waals surface area contributed by atoms with Crippen LogP contribution in [0.15, 0.2) is 24.3 Å². The van der Waals surface area contributed by atoms with Crippen molar-refractivity contribution in [2.24, 2.45) is 0 Å². The van der Waals surface area contributed by atoms with Crippen molar-refractivity contribution < 1.29 is 4.74 Å². The van der Waals surface area contributed by atoms with Gasteiger partial charge >= 0.3 is 0 Å². The van der Waals surface area contributed by atoms with E-state index in [1.54, 1.807) is 0 Å². The Kier molecular flexibility index (Phi) is 2.30. The Balaban J connectivity index is 1.86. The molecule has 4 rings (SSSR count). The van der Waals surface area contributed by atoms with Crippen LogP contribution < -0.4 is 5.32 Å². The van der Waals surface area contributed by atoms with Crippen LogP contribution in [-0.2, 0) is 4.74 Å². The summed E-state index contributed by atoms with van der Waals surface area (Å²) in [6.45, 7) is 1.91. The summed E-state index contributed by atoms with van der Waals surface area (Å²) in [5.41, 5.74) is 2.30. The van der Waals surface area contributed by atoms with E-state index >= 15 is 0 Å². The Hall–Kier alpha value is -1.55. The zero-order chi connectivity index (χ0) is 11.9. The minimum absolute atomic E-state index is 0.364. The highest BCUT2D eigenvalue weighted by molar-refractivity contribution is 5.79. The van der Waals surface area contributed by atoms with E-state index in [4.69, 9.17) is 4.74 Å². The normalized spacial score (nSPS) is 27.1. The van der Waals surface area contributed by atoms with Crippen LogP contribution in [0.5, 0.6) is 0 Å². The average molecular weight is 243 g/mol. The molecular weight excluding hydrogens is 226 g/mol. The molecule has 0 radical (unpaired) electrons. The summed E-state index contributed by atoms with van der Waals surface area (Å²) >= 11 is 0. The van der Waals surface area contributed by atoms with Crippen molar-refractivity contribution >= 4 is 17.0 Å². The minimum atomic E-state index is 0.364. The van der Waals surface area contributed by atoms with Crippen LogP contribution in [0.1, 0.15) is 25.3 Å². The van der Waals surface area contributed by atoms with E-state index in [-0.39, 0.29) is 0 Å². The number of anilines is 1. The van der Waals surface area contributed by atoms with Crippen molar-refractivity contribution in [2.75, 3.05) is 18.5 Å². The van der Waals surface area contributed by atoms with Crippen LogP contribution in [-0.4, -0.2) is 28.8 Å². The molecule has 1 aromatic heterocycles. The maximum atomic E-state index is 5.89. The molecule has 4 heteroatoms. The first-order chi connectivity index (χ1) is 8.93. The molecule has 0 aliphatic carbocycles. The molecule has 0 saturated carbocycles. The second-order valence-electron chi connectivity index (χ2n) is 5.13. The fraction of sp³-hybridized carbons (Fsp3) is 0.500. The van der Waals surface area contributed by atoms with E-state index in [1.807, 2.05) is 6.07 Å². The summed E-state index contributed by atoms with van der Waals surface area (Å²) < 4.78 is 8.23. The number of benzene rings is 1. The molecule has 1 N–H and O–H groups in total. The Morgan fingerprint density at radius 1 is 1.28 bits per heavy atom. The highest BCUT2D eigenvalue weighted by Gasteiger charge is 2.32. The van der Waals surface area contributed by atoms with Crippen LogP contribution in [0.3, 0.4) is 0 Å². The van der Waals surface area contributed by atoms with Gasteiger partial charge in [-0.15, -0.1) is 0 Å². The number of hydrogen-bond acceptors (Lipinski definition) is 3. The maximum absolute atomic E-state index is 5.89. The van der Waals surface area contributed by atoms with Gasteiger partial charge in [0.25, 0.3) is 0 Å². The molecule has 18 heavy (non-hydrogen) atoms. The number of nitrogens with zero attached hydrogens (tertiary/aromatic N) is 2. The molecule has 2 atom stereocenters. The van der Waals surface area contributed by atoms with Gasteiger partial charge in [0.15, 0.2) is 0 Å². The first-order valence-corrected chi connectivity index (χ1v) is 6.76. The molecule has 0 amide bonds. The third-order valence-electron chi connectivity index (χ3n) is 4.04. The first kappa shape index (κ1) is 10.4. The topological polar surface area (TPSA) is 39.1 Å². The average Bonchev–Trinajstić information content (AvgIpc) is 3.05. The lowest BCUT2D eigenvalue weighted by molar-refractivity contribution is 0.0650. The smallest absolute Gasteiger partial charge is 0.204 e. The SMILES string of the molecule is c1ccc2c(c1)nc1n2C(C2CCCO2)CCN1. The summed E-state index contributed by atoms with van der Waals surface area (Å²) in [6, 6.07) is 8.80. The third kappa shape index (κ3) is 1.45. The van der Waals surface area contributed by atoms with Crippen molar-refractivity contribution in [1.82, 2.24) is 9.55 Å². The minimum Gasteiger partial charge on any atom is -0.376 e. The second-order valence-corrected chi connectivity index (χ2v) is 5.13. The number of para-hydroxylation sites is 2. The lowest BCUT2D eigenvalue weighted by atomic mass is 10.0. The van der Waals surface area contributed by atoms with Gasteiger partial charge in [0.1, 0.15) is 0 Å². The van der Waals surface area contributed by atoms with Crippen LogP contribution in [0.2, 0.25) is 0 Å². The van der Waals surface area contributed by atoms with Crippen molar-refractivity contribution in [3.63, 3.8) is 0 Å². The number of nitrogens with one attached hydrogen (secondary N) is 1. The van der Waals surface area contributed by atoms with Gasteiger partial charge in [-0.2, -0.15) is 0 Å². The van der Waals surface area contributed by atoms with E-state index in [0.717, 1.165) is 31.0 Å². The van der Waals surface area contributed by atoms with Crippen molar-refractivity contribution in [1.29, 1.82) is 0 Å². The first-order valence-electron chi connectivity index (χ1n) is 6.76. The van der Waals surface area contributed by atoms with Crippen molar-refractivity contribution in [2.45, 2.75) is 31.4 Å². The quantitative estimate of drug-likeness (QED) is 0.836. The molecule has 1 saturated heterocycles. The molecule has 0 bridgehead atoms. The molecule has 0 spiro atoms. The van der Waals surface area contributed by atoms with E-state index in [2.05, 4.69) is 33.1 Å². The van der Waals surface area contributed by atoms with Gasteiger partial charge in [-0.1, -0.05) is 12.1 Å². The Bertz CT molecular complexity index is 571. The van der Waals surface area contributed by atoms with Gasteiger partial charge in [0.05, 0.1) is 23.2 Å². The van der Waals surface area contributed by atoms with Crippen LogP contribution in [0.25, 0.3) is 11.0 Å². The molecule has 2 aliphatic heterocycles. The van der Waals surface area contributed by atoms with Crippen molar-refractivity contribution in [3.8, 4) is 0 Å². The lowest BCUT2D eigenvalue weighted by Gasteiger charge is -2.30. The predicted octanol–water partition coefficient (Wildman–Crippen LogP) is 2.57. The highest BCUT2D eigenvalue weighted by atomic mass is 16.5. The van der Waals surface area contributed by atoms with Gasteiger partial charge in [-0.3, -0.25) is 0 Å². The monoisotopic (exact) mass is 243 g/mol. The third-order valence-corrected chi connectivity index (χ3v) is 4.04. The molecule has 2 unspecified atom stereocenters. The summed E-state index contributed by atoms with van der Waals surface area (Å²) in [5, 5.41) is 3.40. The molecule has 2 aromatic rings. The lowest BCUT2D eigenvalue weighted by Crippen LogP contribution is -2.31. The number of hydrogen-bond donors (Lipinski definition) is 1. The standard InChI is InChI=1S/C14H17N3O/c1-2-5-11-10(4-1)16-14-15-8-7-12(17(11)14)13-6-3-9-18-13/h1-2,4-5,12-13H,3,6-9H2,(H,15,16). The van der Waals surface area contributed by atoms with Gasteiger partial charge in [-0.25, -0.2) is 4.98 Å². The fourth-order valence-corrected chi connectivity index (χ4v) is 3.22. The van der Waals surface area contributed by atoms with Crippen LogP contribution >= 0.6 is 0 Å². The summed E-state index contributed by atoms with van der Waals surface area (Å²) in [5.74, 6) is 1.00. The van der Waals surface area contributed by atoms with Gasteiger partial charge in [0.2, 0.25) is 5.95 Å². The molecule has 1 fully saturated rings. The fourth-order valence-electron chi connectivity index (χ4n) is 3.22. The van der Waals surface area contributed by atoms with Crippen molar-refractivity contribution in [3.05, 3.63) is 24.3 Å². The Labute approximate surface area is 106 Å². The Morgan fingerprint density at radius 2 is 2.22 bits per heavy atom. The summed E-state index contributed by atoms with van der Waals surface area (Å²) in [6.07, 6.45) is 3.86. The zero-order valence-electron chi connectivity index (χ0n) is 10.3. The maximum Gasteiger partial charge on any atom is 0.204 e. The van der Waals surface area contributed by atoms with Crippen LogP contribution in [0.4, 0.5) is 5.95 Å². The van der Waals surface area contributed by atoms with Gasteiger partial charge in [-0.05, 0) is 31.4 Å². The van der Waals surface area contributed by atoms with Crippen LogP contribution in [0, 0.1) is 0 Å². The number of aromatic nitrogens is 2. The largest absolute Gasteiger partial charge is 0.376 e. The predicted molar refractivity (Wildman–Crippen MR) is 70.9 cm³/mol. The van der Waals surface area contributed by atoms with E-state index in [1.165, 1.54) is 18.4 Å². The van der Waals surface area contributed by atoms with Gasteiger partial charge < -0.3 is 14.6 Å². The number of fused-ring (bicyclic) bond motifs is 3. The number of rotatable bonds is 1. The molecule has 3 heterocycles. The zero-order valence-corrected chi connectivity index (χ0v) is 10.3.